The Labute approximate surface area is 161 Å². The van der Waals surface area contributed by atoms with Crippen LogP contribution in [0.2, 0.25) is 0 Å². The molecule has 1 heterocycles. The van der Waals surface area contributed by atoms with Crippen LogP contribution in [0.5, 0.6) is 0 Å². The summed E-state index contributed by atoms with van der Waals surface area (Å²) in [4.78, 5) is 26.0. The van der Waals surface area contributed by atoms with Gasteiger partial charge in [0, 0.05) is 23.7 Å². The van der Waals surface area contributed by atoms with E-state index in [-0.39, 0.29) is 16.7 Å². The first-order chi connectivity index (χ1) is 13.5. The number of halogens is 1. The summed E-state index contributed by atoms with van der Waals surface area (Å²) in [5, 5.41) is 0.203. The van der Waals surface area contributed by atoms with Gasteiger partial charge in [0.2, 0.25) is 5.43 Å². The summed E-state index contributed by atoms with van der Waals surface area (Å²) in [7, 11) is 0. The lowest BCUT2D eigenvalue weighted by Crippen LogP contribution is -2.20. The molecule has 0 aliphatic heterocycles. The Bertz CT molecular complexity index is 1230. The van der Waals surface area contributed by atoms with Gasteiger partial charge in [-0.2, -0.15) is 0 Å². The Hall–Kier alpha value is -3.53. The highest BCUT2D eigenvalue weighted by atomic mass is 19.1. The molecule has 0 aliphatic rings. The molecule has 28 heavy (non-hydrogen) atoms. The van der Waals surface area contributed by atoms with Gasteiger partial charge in [-0.1, -0.05) is 60.2 Å². The summed E-state index contributed by atoms with van der Waals surface area (Å²) in [6.07, 6.45) is 1.58. The molecule has 0 bridgehead atoms. The van der Waals surface area contributed by atoms with E-state index in [2.05, 4.69) is 0 Å². The molecule has 4 rings (SSSR count). The minimum absolute atomic E-state index is 0.0397. The maximum Gasteiger partial charge on any atom is 0.200 e. The molecule has 0 saturated heterocycles. The minimum atomic E-state index is -0.504. The lowest BCUT2D eigenvalue weighted by Gasteiger charge is -2.14. The van der Waals surface area contributed by atoms with Crippen LogP contribution in [0.15, 0.2) is 83.8 Å². The van der Waals surface area contributed by atoms with Gasteiger partial charge in [-0.25, -0.2) is 4.39 Å². The number of ketones is 1. The molecule has 3 nitrogen and oxygen atoms in total. The second-order valence-corrected chi connectivity index (χ2v) is 6.84. The molecule has 0 amide bonds. The van der Waals surface area contributed by atoms with E-state index in [1.165, 1.54) is 12.1 Å². The summed E-state index contributed by atoms with van der Waals surface area (Å²) in [5.41, 5.74) is 2.66. The monoisotopic (exact) mass is 371 g/mol. The van der Waals surface area contributed by atoms with E-state index < -0.39 is 11.2 Å². The molecule has 0 fully saturated rings. The van der Waals surface area contributed by atoms with Crippen molar-refractivity contribution in [3.05, 3.63) is 117 Å². The van der Waals surface area contributed by atoms with Crippen molar-refractivity contribution in [2.75, 3.05) is 0 Å². The third kappa shape index (κ3) is 3.37. The number of pyridine rings is 1. The van der Waals surface area contributed by atoms with Crippen LogP contribution in [-0.2, 0) is 6.54 Å². The quantitative estimate of drug-likeness (QED) is 0.487. The first kappa shape index (κ1) is 17.9. The van der Waals surface area contributed by atoms with Gasteiger partial charge in [-0.3, -0.25) is 9.59 Å². The molecule has 0 spiro atoms. The standard InChI is InChI=1S/C24H18FNO2/c1-16-7-9-18(10-8-16)23(27)21-15-26(14-17-5-3-2-4-6-17)22-12-11-19(25)13-20(22)24(21)28/h2-13,15H,14H2,1H3. The van der Waals surface area contributed by atoms with Crippen molar-refractivity contribution in [3.8, 4) is 0 Å². The van der Waals surface area contributed by atoms with Crippen molar-refractivity contribution in [1.29, 1.82) is 0 Å². The van der Waals surface area contributed by atoms with Crippen LogP contribution in [0.1, 0.15) is 27.0 Å². The molecule has 0 N–H and O–H groups in total. The molecule has 3 aromatic carbocycles. The first-order valence-corrected chi connectivity index (χ1v) is 9.01. The van der Waals surface area contributed by atoms with Gasteiger partial charge in [-0.05, 0) is 30.7 Å². The summed E-state index contributed by atoms with van der Waals surface area (Å²) in [6.45, 7) is 2.40. The number of carbonyl (C=O) groups excluding carboxylic acids is 1. The van der Waals surface area contributed by atoms with Gasteiger partial charge in [0.25, 0.3) is 0 Å². The minimum Gasteiger partial charge on any atom is -0.342 e. The second kappa shape index (κ2) is 7.24. The van der Waals surface area contributed by atoms with Crippen molar-refractivity contribution in [3.63, 3.8) is 0 Å². The van der Waals surface area contributed by atoms with E-state index in [0.717, 1.165) is 11.1 Å². The number of carbonyl (C=O) groups is 1. The molecule has 138 valence electrons. The fourth-order valence-electron chi connectivity index (χ4n) is 3.30. The molecule has 0 saturated carbocycles. The molecule has 0 radical (unpaired) electrons. The van der Waals surface area contributed by atoms with E-state index in [9.17, 15) is 14.0 Å². The van der Waals surface area contributed by atoms with E-state index >= 15 is 0 Å². The smallest absolute Gasteiger partial charge is 0.200 e. The molecule has 1 aromatic heterocycles. The Morgan fingerprint density at radius 1 is 0.964 bits per heavy atom. The molecule has 0 unspecified atom stereocenters. The molecule has 0 aliphatic carbocycles. The van der Waals surface area contributed by atoms with E-state index in [1.54, 1.807) is 24.4 Å². The first-order valence-electron chi connectivity index (χ1n) is 9.01. The number of rotatable bonds is 4. The highest BCUT2D eigenvalue weighted by Gasteiger charge is 2.17. The Balaban J connectivity index is 1.91. The highest BCUT2D eigenvalue weighted by molar-refractivity contribution is 6.10. The maximum atomic E-state index is 13.8. The normalized spacial score (nSPS) is 10.9. The van der Waals surface area contributed by atoms with E-state index in [4.69, 9.17) is 0 Å². The lowest BCUT2D eigenvalue weighted by molar-refractivity contribution is 0.103. The molecular weight excluding hydrogens is 353 g/mol. The van der Waals surface area contributed by atoms with Crippen LogP contribution in [0, 0.1) is 12.7 Å². The zero-order chi connectivity index (χ0) is 19.7. The average molecular weight is 371 g/mol. The van der Waals surface area contributed by atoms with Crippen LogP contribution in [0.25, 0.3) is 10.9 Å². The van der Waals surface area contributed by atoms with Crippen LogP contribution >= 0.6 is 0 Å². The summed E-state index contributed by atoms with van der Waals surface area (Å²) < 4.78 is 15.7. The van der Waals surface area contributed by atoms with Crippen molar-refractivity contribution >= 4 is 16.7 Å². The highest BCUT2D eigenvalue weighted by Crippen LogP contribution is 2.18. The van der Waals surface area contributed by atoms with Crippen molar-refractivity contribution in [2.45, 2.75) is 13.5 Å². The lowest BCUT2D eigenvalue weighted by atomic mass is 10.0. The van der Waals surface area contributed by atoms with Crippen LogP contribution < -0.4 is 5.43 Å². The van der Waals surface area contributed by atoms with Crippen LogP contribution in [0.4, 0.5) is 4.39 Å². The number of aromatic nitrogens is 1. The number of hydrogen-bond acceptors (Lipinski definition) is 2. The fourth-order valence-corrected chi connectivity index (χ4v) is 3.30. The van der Waals surface area contributed by atoms with Gasteiger partial charge in [-0.15, -0.1) is 0 Å². The van der Waals surface area contributed by atoms with Gasteiger partial charge in [0.15, 0.2) is 5.78 Å². The number of nitrogens with zero attached hydrogens (tertiary/aromatic N) is 1. The third-order valence-electron chi connectivity index (χ3n) is 4.80. The van der Waals surface area contributed by atoms with Gasteiger partial charge in [0.05, 0.1) is 11.1 Å². The van der Waals surface area contributed by atoms with Crippen LogP contribution in [0.3, 0.4) is 0 Å². The van der Waals surface area contributed by atoms with E-state index in [0.29, 0.717) is 17.6 Å². The topological polar surface area (TPSA) is 39.1 Å². The number of benzene rings is 3. The predicted octanol–water partition coefficient (Wildman–Crippen LogP) is 4.73. The third-order valence-corrected chi connectivity index (χ3v) is 4.80. The predicted molar refractivity (Wildman–Crippen MR) is 108 cm³/mol. The average Bonchev–Trinajstić information content (AvgIpc) is 2.71. The van der Waals surface area contributed by atoms with Crippen molar-refractivity contribution < 1.29 is 9.18 Å². The summed E-state index contributed by atoms with van der Waals surface area (Å²) in [5.74, 6) is -0.867. The van der Waals surface area contributed by atoms with Gasteiger partial charge in [0.1, 0.15) is 5.82 Å². The largest absolute Gasteiger partial charge is 0.342 e. The van der Waals surface area contributed by atoms with Gasteiger partial charge >= 0.3 is 0 Å². The Morgan fingerprint density at radius 3 is 2.39 bits per heavy atom. The summed E-state index contributed by atoms with van der Waals surface area (Å²) in [6, 6.07) is 20.9. The number of aryl methyl sites for hydroxylation is 1. The fraction of sp³-hybridized carbons (Fsp3) is 0.0833. The zero-order valence-electron chi connectivity index (χ0n) is 15.4. The molecule has 4 aromatic rings. The summed E-state index contributed by atoms with van der Waals surface area (Å²) >= 11 is 0. The van der Waals surface area contributed by atoms with E-state index in [1.807, 2.05) is 54.0 Å². The Morgan fingerprint density at radius 2 is 1.68 bits per heavy atom. The SMILES string of the molecule is Cc1ccc(C(=O)c2cn(Cc3ccccc3)c3ccc(F)cc3c2=O)cc1. The van der Waals surface area contributed by atoms with Crippen LogP contribution in [-0.4, -0.2) is 10.4 Å². The second-order valence-electron chi connectivity index (χ2n) is 6.84. The van der Waals surface area contributed by atoms with Crippen molar-refractivity contribution in [2.24, 2.45) is 0 Å². The zero-order valence-corrected chi connectivity index (χ0v) is 15.4. The maximum absolute atomic E-state index is 13.8. The van der Waals surface area contributed by atoms with Crippen molar-refractivity contribution in [1.82, 2.24) is 4.57 Å². The Kier molecular flexibility index (Phi) is 4.62. The molecule has 0 atom stereocenters. The van der Waals surface area contributed by atoms with Gasteiger partial charge < -0.3 is 4.57 Å². The molecule has 4 heteroatoms. The number of fused-ring (bicyclic) bond motifs is 1. The molecular formula is C24H18FNO2. The number of hydrogen-bond donors (Lipinski definition) is 0.